The SMILES string of the molecule is CCCC[N+](CCCC)(CCCC)CCCSS(C)(=O)=O. The van der Waals surface area contributed by atoms with Crippen molar-refractivity contribution in [3.05, 3.63) is 0 Å². The van der Waals surface area contributed by atoms with Crippen LogP contribution in [-0.2, 0) is 8.87 Å². The van der Waals surface area contributed by atoms with Crippen LogP contribution in [0.1, 0.15) is 65.7 Å². The molecule has 5 heteroatoms. The van der Waals surface area contributed by atoms with Gasteiger partial charge in [0, 0.05) is 18.4 Å². The molecule has 0 N–H and O–H groups in total. The number of hydrogen-bond acceptors (Lipinski definition) is 3. The van der Waals surface area contributed by atoms with E-state index >= 15 is 0 Å². The third-order valence-electron chi connectivity index (χ3n) is 4.03. The predicted octanol–water partition coefficient (Wildman–Crippen LogP) is 4.29. The molecule has 0 aliphatic carbocycles. The van der Waals surface area contributed by atoms with Crippen LogP contribution in [0.25, 0.3) is 0 Å². The molecule has 0 saturated carbocycles. The van der Waals surface area contributed by atoms with Crippen LogP contribution in [0.3, 0.4) is 0 Å². The first kappa shape index (κ1) is 21.3. The number of hydrogen-bond donors (Lipinski definition) is 0. The standard InChI is InChI=1S/C16H36NO2S2/c1-5-8-12-17(13-9-6-2,14-10-7-3)15-11-16-20-21(4,18)19/h5-16H2,1-4H3/q+1. The van der Waals surface area contributed by atoms with Gasteiger partial charge in [-0.1, -0.05) is 40.0 Å². The first-order chi connectivity index (χ1) is 9.89. The second-order valence-electron chi connectivity index (χ2n) is 6.18. The van der Waals surface area contributed by atoms with E-state index in [2.05, 4.69) is 20.8 Å². The van der Waals surface area contributed by atoms with Crippen molar-refractivity contribution in [3.63, 3.8) is 0 Å². The number of rotatable bonds is 14. The number of nitrogens with zero attached hydrogens (tertiary/aromatic N) is 1. The van der Waals surface area contributed by atoms with Crippen molar-refractivity contribution in [2.24, 2.45) is 0 Å². The van der Waals surface area contributed by atoms with Crippen molar-refractivity contribution in [2.45, 2.75) is 65.7 Å². The third kappa shape index (κ3) is 11.5. The van der Waals surface area contributed by atoms with Crippen molar-refractivity contribution < 1.29 is 12.9 Å². The highest BCUT2D eigenvalue weighted by Gasteiger charge is 2.25. The van der Waals surface area contributed by atoms with E-state index in [-0.39, 0.29) is 0 Å². The van der Waals surface area contributed by atoms with Gasteiger partial charge in [-0.25, -0.2) is 8.42 Å². The summed E-state index contributed by atoms with van der Waals surface area (Å²) in [6, 6.07) is 0. The Morgan fingerprint density at radius 1 is 0.762 bits per heavy atom. The van der Waals surface area contributed by atoms with Crippen LogP contribution in [0.5, 0.6) is 0 Å². The minimum Gasteiger partial charge on any atom is -0.324 e. The molecule has 0 spiro atoms. The quantitative estimate of drug-likeness (QED) is 0.269. The first-order valence-corrected chi connectivity index (χ1v) is 12.0. The van der Waals surface area contributed by atoms with Crippen LogP contribution < -0.4 is 0 Å². The molecule has 0 radical (unpaired) electrons. The normalized spacial score (nSPS) is 12.8. The van der Waals surface area contributed by atoms with Gasteiger partial charge in [0.05, 0.1) is 26.2 Å². The van der Waals surface area contributed by atoms with Gasteiger partial charge < -0.3 is 4.48 Å². The Morgan fingerprint density at radius 2 is 1.14 bits per heavy atom. The molecule has 0 heterocycles. The van der Waals surface area contributed by atoms with Gasteiger partial charge in [-0.05, 0) is 30.1 Å². The van der Waals surface area contributed by atoms with Gasteiger partial charge in [0.1, 0.15) is 0 Å². The Labute approximate surface area is 136 Å². The molecule has 0 bridgehead atoms. The molecular formula is C16H36NO2S2+. The number of quaternary nitrogens is 1. The molecule has 0 aliphatic rings. The lowest BCUT2D eigenvalue weighted by Crippen LogP contribution is -2.51. The monoisotopic (exact) mass is 338 g/mol. The molecule has 0 unspecified atom stereocenters. The van der Waals surface area contributed by atoms with Gasteiger partial charge in [-0.3, -0.25) is 0 Å². The highest BCUT2D eigenvalue weighted by molar-refractivity contribution is 8.71. The molecule has 0 aromatic heterocycles. The van der Waals surface area contributed by atoms with Crippen molar-refractivity contribution in [1.82, 2.24) is 0 Å². The summed E-state index contributed by atoms with van der Waals surface area (Å²) in [6.07, 6.45) is 9.91. The molecule has 0 fully saturated rings. The lowest BCUT2D eigenvalue weighted by Gasteiger charge is -2.39. The largest absolute Gasteiger partial charge is 0.324 e. The van der Waals surface area contributed by atoms with Crippen LogP contribution in [0, 0.1) is 0 Å². The fourth-order valence-electron chi connectivity index (χ4n) is 2.76. The summed E-state index contributed by atoms with van der Waals surface area (Å²) < 4.78 is 23.7. The van der Waals surface area contributed by atoms with Crippen molar-refractivity contribution in [1.29, 1.82) is 0 Å². The predicted molar refractivity (Wildman–Crippen MR) is 96.4 cm³/mol. The first-order valence-electron chi connectivity index (χ1n) is 8.58. The van der Waals surface area contributed by atoms with Gasteiger partial charge in [-0.15, -0.1) is 0 Å². The highest BCUT2D eigenvalue weighted by atomic mass is 33.1. The van der Waals surface area contributed by atoms with E-state index in [1.54, 1.807) is 0 Å². The van der Waals surface area contributed by atoms with Gasteiger partial charge in [0.2, 0.25) is 0 Å². The second kappa shape index (κ2) is 11.8. The molecular weight excluding hydrogens is 302 g/mol. The van der Waals surface area contributed by atoms with E-state index in [0.717, 1.165) is 29.5 Å². The summed E-state index contributed by atoms with van der Waals surface area (Å²) in [5, 5.41) is 0. The van der Waals surface area contributed by atoms with E-state index in [9.17, 15) is 8.42 Å². The molecule has 0 aromatic carbocycles. The van der Waals surface area contributed by atoms with E-state index in [1.807, 2.05) is 0 Å². The zero-order chi connectivity index (χ0) is 16.2. The molecule has 0 rings (SSSR count). The van der Waals surface area contributed by atoms with Gasteiger partial charge >= 0.3 is 0 Å². The molecule has 128 valence electrons. The summed E-state index contributed by atoms with van der Waals surface area (Å²) in [6.45, 7) is 11.7. The zero-order valence-corrected chi connectivity index (χ0v) is 16.2. The number of unbranched alkanes of at least 4 members (excludes halogenated alkanes) is 3. The molecule has 21 heavy (non-hydrogen) atoms. The molecule has 0 aromatic rings. The summed E-state index contributed by atoms with van der Waals surface area (Å²) in [7, 11) is -1.77. The smallest absolute Gasteiger partial charge is 0.198 e. The molecule has 0 saturated heterocycles. The second-order valence-corrected chi connectivity index (χ2v) is 10.8. The van der Waals surface area contributed by atoms with Gasteiger partial charge in [-0.2, -0.15) is 0 Å². The summed E-state index contributed by atoms with van der Waals surface area (Å²) in [5.74, 6) is 0.739. The van der Waals surface area contributed by atoms with Crippen LogP contribution in [0.4, 0.5) is 0 Å². The Bertz CT molecular complexity index is 320. The lowest BCUT2D eigenvalue weighted by molar-refractivity contribution is -0.928. The maximum atomic E-state index is 11.2. The Kier molecular flexibility index (Phi) is 11.9. The Balaban J connectivity index is 4.54. The van der Waals surface area contributed by atoms with E-state index in [1.165, 1.54) is 68.9 Å². The molecule has 3 nitrogen and oxygen atoms in total. The van der Waals surface area contributed by atoms with E-state index in [0.29, 0.717) is 0 Å². The van der Waals surface area contributed by atoms with Crippen molar-refractivity contribution in [2.75, 3.05) is 38.2 Å². The van der Waals surface area contributed by atoms with Crippen molar-refractivity contribution in [3.8, 4) is 0 Å². The summed E-state index contributed by atoms with van der Waals surface area (Å²) >= 11 is 0. The highest BCUT2D eigenvalue weighted by Crippen LogP contribution is 2.18. The average Bonchev–Trinajstić information content (AvgIpc) is 2.43. The minimum atomic E-state index is -2.88. The fourth-order valence-corrected chi connectivity index (χ4v) is 4.57. The van der Waals surface area contributed by atoms with Crippen LogP contribution in [0.15, 0.2) is 0 Å². The maximum absolute atomic E-state index is 11.2. The molecule has 0 aliphatic heterocycles. The van der Waals surface area contributed by atoms with E-state index < -0.39 is 8.87 Å². The topological polar surface area (TPSA) is 34.1 Å². The van der Waals surface area contributed by atoms with Gasteiger partial charge in [0.25, 0.3) is 0 Å². The maximum Gasteiger partial charge on any atom is 0.198 e. The molecule has 0 amide bonds. The fraction of sp³-hybridized carbons (Fsp3) is 1.00. The minimum absolute atomic E-state index is 0.739. The summed E-state index contributed by atoms with van der Waals surface area (Å²) in [5.41, 5.74) is 0. The average molecular weight is 339 g/mol. The molecule has 0 atom stereocenters. The third-order valence-corrected chi connectivity index (χ3v) is 6.70. The van der Waals surface area contributed by atoms with E-state index in [4.69, 9.17) is 0 Å². The van der Waals surface area contributed by atoms with Crippen LogP contribution in [-0.4, -0.2) is 51.1 Å². The Hall–Kier alpha value is 0.260. The van der Waals surface area contributed by atoms with Crippen molar-refractivity contribution >= 4 is 19.7 Å². The van der Waals surface area contributed by atoms with Crippen LogP contribution in [0.2, 0.25) is 0 Å². The van der Waals surface area contributed by atoms with Gasteiger partial charge in [0.15, 0.2) is 8.87 Å². The Morgan fingerprint density at radius 3 is 1.48 bits per heavy atom. The summed E-state index contributed by atoms with van der Waals surface area (Å²) in [4.78, 5) is 0. The zero-order valence-electron chi connectivity index (χ0n) is 14.6. The van der Waals surface area contributed by atoms with Crippen LogP contribution >= 0.6 is 10.8 Å². The lowest BCUT2D eigenvalue weighted by atomic mass is 10.1.